The number of pyridine rings is 1. The van der Waals surface area contributed by atoms with Gasteiger partial charge in [-0.15, -0.1) is 0 Å². The number of benzene rings is 1. The number of aromatic nitrogens is 1. The molecule has 2 aromatic rings. The summed E-state index contributed by atoms with van der Waals surface area (Å²) >= 11 is 0. The quantitative estimate of drug-likeness (QED) is 0.943. The predicted molar refractivity (Wildman–Crippen MR) is 82.4 cm³/mol. The van der Waals surface area contributed by atoms with Crippen LogP contribution in [0.1, 0.15) is 35.7 Å². The molecule has 1 N–H and O–H groups in total. The molecule has 0 bridgehead atoms. The van der Waals surface area contributed by atoms with Crippen molar-refractivity contribution in [1.82, 2.24) is 10.3 Å². The number of fused-ring (bicyclic) bond motifs is 1. The summed E-state index contributed by atoms with van der Waals surface area (Å²) in [5, 5.41) is 4.14. The van der Waals surface area contributed by atoms with Crippen LogP contribution in [-0.2, 0) is 11.2 Å². The summed E-state index contributed by atoms with van der Waals surface area (Å²) in [5.74, 6) is -0.0269. The Balaban J connectivity index is 1.92. The molecule has 1 aromatic heterocycles. The smallest absolute Gasteiger partial charge is 0.253 e. The van der Waals surface area contributed by atoms with Crippen molar-refractivity contribution in [2.45, 2.75) is 32.2 Å². The standard InChI is InChI=1S/C17H20N2O2/c1-2-12-10-13-4-3-7-18-16(13)15(11-12)17(20)19-14-5-8-21-9-6-14/h3-4,7,10-11,14H,2,5-6,8-9H2,1H3,(H,19,20). The van der Waals surface area contributed by atoms with Crippen molar-refractivity contribution in [2.75, 3.05) is 13.2 Å². The number of ether oxygens (including phenoxy) is 1. The molecule has 1 aromatic carbocycles. The van der Waals surface area contributed by atoms with E-state index < -0.39 is 0 Å². The lowest BCUT2D eigenvalue weighted by atomic mass is 10.0. The molecule has 110 valence electrons. The maximum Gasteiger partial charge on any atom is 0.253 e. The monoisotopic (exact) mass is 284 g/mol. The predicted octanol–water partition coefficient (Wildman–Crippen LogP) is 2.71. The van der Waals surface area contributed by atoms with Gasteiger partial charge in [0, 0.05) is 30.8 Å². The Morgan fingerprint density at radius 3 is 2.95 bits per heavy atom. The maximum atomic E-state index is 12.6. The van der Waals surface area contributed by atoms with E-state index in [4.69, 9.17) is 4.74 Å². The van der Waals surface area contributed by atoms with Crippen molar-refractivity contribution in [2.24, 2.45) is 0 Å². The van der Waals surface area contributed by atoms with Crippen LogP contribution >= 0.6 is 0 Å². The summed E-state index contributed by atoms with van der Waals surface area (Å²) in [6, 6.07) is 8.18. The van der Waals surface area contributed by atoms with Crippen LogP contribution in [0.15, 0.2) is 30.5 Å². The summed E-state index contributed by atoms with van der Waals surface area (Å²) in [6.45, 7) is 3.54. The Kier molecular flexibility index (Phi) is 4.15. The van der Waals surface area contributed by atoms with Gasteiger partial charge in [-0.05, 0) is 43.0 Å². The number of rotatable bonds is 3. The lowest BCUT2D eigenvalue weighted by Crippen LogP contribution is -2.39. The maximum absolute atomic E-state index is 12.6. The van der Waals surface area contributed by atoms with E-state index in [0.717, 1.165) is 48.9 Å². The highest BCUT2D eigenvalue weighted by molar-refractivity contribution is 6.05. The lowest BCUT2D eigenvalue weighted by Gasteiger charge is -2.23. The fourth-order valence-corrected chi connectivity index (χ4v) is 2.74. The Bertz CT molecular complexity index is 648. The van der Waals surface area contributed by atoms with E-state index in [1.165, 1.54) is 0 Å². The highest BCUT2D eigenvalue weighted by Crippen LogP contribution is 2.20. The average Bonchev–Trinajstić information content (AvgIpc) is 2.54. The lowest BCUT2D eigenvalue weighted by molar-refractivity contribution is 0.0697. The van der Waals surface area contributed by atoms with Crippen LogP contribution in [-0.4, -0.2) is 30.1 Å². The van der Waals surface area contributed by atoms with Gasteiger partial charge in [0.05, 0.1) is 11.1 Å². The summed E-state index contributed by atoms with van der Waals surface area (Å²) in [6.07, 6.45) is 4.40. The van der Waals surface area contributed by atoms with Gasteiger partial charge in [0.15, 0.2) is 0 Å². The molecule has 1 saturated heterocycles. The minimum absolute atomic E-state index is 0.0269. The number of carbonyl (C=O) groups excluding carboxylic acids is 1. The molecule has 0 radical (unpaired) electrons. The Morgan fingerprint density at radius 1 is 1.38 bits per heavy atom. The van der Waals surface area contributed by atoms with Crippen molar-refractivity contribution >= 4 is 16.8 Å². The molecule has 0 saturated carbocycles. The first-order valence-corrected chi connectivity index (χ1v) is 7.54. The van der Waals surface area contributed by atoms with Gasteiger partial charge in [0.1, 0.15) is 0 Å². The number of carbonyl (C=O) groups is 1. The Labute approximate surface area is 124 Å². The highest BCUT2D eigenvalue weighted by Gasteiger charge is 2.19. The fourth-order valence-electron chi connectivity index (χ4n) is 2.74. The first kappa shape index (κ1) is 14.0. The molecule has 1 aliphatic rings. The zero-order chi connectivity index (χ0) is 14.7. The third-order valence-electron chi connectivity index (χ3n) is 3.97. The van der Waals surface area contributed by atoms with Gasteiger partial charge >= 0.3 is 0 Å². The minimum Gasteiger partial charge on any atom is -0.381 e. The van der Waals surface area contributed by atoms with Crippen molar-refractivity contribution in [3.8, 4) is 0 Å². The van der Waals surface area contributed by atoms with Crippen LogP contribution in [0, 0.1) is 0 Å². The number of hydrogen-bond donors (Lipinski definition) is 1. The minimum atomic E-state index is -0.0269. The molecular formula is C17H20N2O2. The molecule has 0 spiro atoms. The normalized spacial score (nSPS) is 16.0. The molecule has 0 aliphatic carbocycles. The SMILES string of the molecule is CCc1cc(C(=O)NC2CCOCC2)c2ncccc2c1. The molecule has 2 heterocycles. The van der Waals surface area contributed by atoms with Crippen molar-refractivity contribution in [3.63, 3.8) is 0 Å². The number of nitrogens with zero attached hydrogens (tertiary/aromatic N) is 1. The van der Waals surface area contributed by atoms with Crippen molar-refractivity contribution in [1.29, 1.82) is 0 Å². The largest absolute Gasteiger partial charge is 0.381 e. The first-order chi connectivity index (χ1) is 10.3. The van der Waals surface area contributed by atoms with E-state index in [0.29, 0.717) is 5.56 Å². The molecule has 21 heavy (non-hydrogen) atoms. The highest BCUT2D eigenvalue weighted by atomic mass is 16.5. The summed E-state index contributed by atoms with van der Waals surface area (Å²) in [5.41, 5.74) is 2.61. The molecular weight excluding hydrogens is 264 g/mol. The Morgan fingerprint density at radius 2 is 2.19 bits per heavy atom. The van der Waals surface area contributed by atoms with Crippen LogP contribution < -0.4 is 5.32 Å². The summed E-state index contributed by atoms with van der Waals surface area (Å²) in [4.78, 5) is 17.0. The van der Waals surface area contributed by atoms with E-state index in [1.807, 2.05) is 18.2 Å². The van der Waals surface area contributed by atoms with Crippen molar-refractivity contribution in [3.05, 3.63) is 41.6 Å². The third kappa shape index (κ3) is 3.05. The van der Waals surface area contributed by atoms with Crippen LogP contribution in [0.2, 0.25) is 0 Å². The van der Waals surface area contributed by atoms with E-state index in [1.54, 1.807) is 6.20 Å². The third-order valence-corrected chi connectivity index (χ3v) is 3.97. The zero-order valence-electron chi connectivity index (χ0n) is 12.3. The van der Waals surface area contributed by atoms with Crippen LogP contribution in [0.3, 0.4) is 0 Å². The molecule has 1 fully saturated rings. The van der Waals surface area contributed by atoms with Gasteiger partial charge in [-0.1, -0.05) is 13.0 Å². The van der Waals surface area contributed by atoms with Crippen LogP contribution in [0.4, 0.5) is 0 Å². The molecule has 1 amide bonds. The van der Waals surface area contributed by atoms with Gasteiger partial charge in [-0.2, -0.15) is 0 Å². The number of hydrogen-bond acceptors (Lipinski definition) is 3. The average molecular weight is 284 g/mol. The fraction of sp³-hybridized carbons (Fsp3) is 0.412. The second-order valence-electron chi connectivity index (χ2n) is 5.43. The van der Waals surface area contributed by atoms with E-state index in [9.17, 15) is 4.79 Å². The van der Waals surface area contributed by atoms with E-state index in [2.05, 4.69) is 23.3 Å². The van der Waals surface area contributed by atoms with Gasteiger partial charge < -0.3 is 10.1 Å². The van der Waals surface area contributed by atoms with Gasteiger partial charge in [0.25, 0.3) is 5.91 Å². The summed E-state index contributed by atoms with van der Waals surface area (Å²) in [7, 11) is 0. The number of aryl methyl sites for hydroxylation is 1. The van der Waals surface area contributed by atoms with E-state index >= 15 is 0 Å². The zero-order valence-corrected chi connectivity index (χ0v) is 12.3. The molecule has 3 rings (SSSR count). The molecule has 1 aliphatic heterocycles. The topological polar surface area (TPSA) is 51.2 Å². The van der Waals surface area contributed by atoms with Crippen molar-refractivity contribution < 1.29 is 9.53 Å². The van der Waals surface area contributed by atoms with Gasteiger partial charge in [0.2, 0.25) is 0 Å². The molecule has 0 atom stereocenters. The van der Waals surface area contributed by atoms with Gasteiger partial charge in [-0.25, -0.2) is 0 Å². The molecule has 4 heteroatoms. The second kappa shape index (κ2) is 6.22. The number of nitrogens with one attached hydrogen (secondary N) is 1. The summed E-state index contributed by atoms with van der Waals surface area (Å²) < 4.78 is 5.33. The molecule has 0 unspecified atom stereocenters. The number of amides is 1. The van der Waals surface area contributed by atoms with E-state index in [-0.39, 0.29) is 11.9 Å². The Hall–Kier alpha value is -1.94. The van der Waals surface area contributed by atoms with Gasteiger partial charge in [-0.3, -0.25) is 9.78 Å². The first-order valence-electron chi connectivity index (χ1n) is 7.54. The van der Waals surface area contributed by atoms with Crippen LogP contribution in [0.25, 0.3) is 10.9 Å². The van der Waals surface area contributed by atoms with Crippen LogP contribution in [0.5, 0.6) is 0 Å². The second-order valence-corrected chi connectivity index (χ2v) is 5.43. The molecule has 4 nitrogen and oxygen atoms in total.